The molecule has 0 fully saturated rings. The number of hydrogen-bond donors (Lipinski definition) is 3. The number of aromatic nitrogens is 4. The van der Waals surface area contributed by atoms with Gasteiger partial charge in [-0.15, -0.1) is 10.2 Å². The molecule has 25 heavy (non-hydrogen) atoms. The van der Waals surface area contributed by atoms with Crippen LogP contribution in [-0.2, 0) is 10.0 Å². The predicted octanol–water partition coefficient (Wildman–Crippen LogP) is 2.82. The van der Waals surface area contributed by atoms with Crippen molar-refractivity contribution >= 4 is 38.9 Å². The molecule has 0 radical (unpaired) electrons. The molecule has 0 atom stereocenters. The number of nitrogens with zero attached hydrogens (tertiary/aromatic N) is 3. The Hall–Kier alpha value is -2.43. The van der Waals surface area contributed by atoms with Crippen molar-refractivity contribution in [3.8, 4) is 17.1 Å². The van der Waals surface area contributed by atoms with Gasteiger partial charge >= 0.3 is 0 Å². The van der Waals surface area contributed by atoms with E-state index >= 15 is 0 Å². The fourth-order valence-electron chi connectivity index (χ4n) is 1.97. The summed E-state index contributed by atoms with van der Waals surface area (Å²) < 4.78 is 41.0. The number of phenolic OH excluding ortho intramolecular Hbond substituents is 1. The van der Waals surface area contributed by atoms with Crippen LogP contribution in [0.3, 0.4) is 0 Å². The van der Waals surface area contributed by atoms with Crippen LogP contribution in [0.4, 0.5) is 10.1 Å². The number of aromatic hydroxyl groups is 1. The van der Waals surface area contributed by atoms with Crippen molar-refractivity contribution in [1.82, 2.24) is 20.6 Å². The predicted molar refractivity (Wildman–Crippen MR) is 88.5 cm³/mol. The van der Waals surface area contributed by atoms with Crippen LogP contribution in [0.5, 0.6) is 5.75 Å². The SMILES string of the molecule is O=S(=O)(Nc1cc(-c2nn[nH]n2)ccc1F)c1cc(Cl)cc(Cl)c1O. The molecule has 0 saturated carbocycles. The molecule has 3 N–H and O–H groups in total. The Morgan fingerprint density at radius 1 is 1.20 bits per heavy atom. The Morgan fingerprint density at radius 2 is 1.96 bits per heavy atom. The Kier molecular flexibility index (Phi) is 4.50. The van der Waals surface area contributed by atoms with Crippen molar-refractivity contribution in [2.24, 2.45) is 0 Å². The summed E-state index contributed by atoms with van der Waals surface area (Å²) in [5.41, 5.74) is -0.0565. The number of sulfonamides is 1. The van der Waals surface area contributed by atoms with Crippen LogP contribution in [-0.4, -0.2) is 34.1 Å². The quantitative estimate of drug-likeness (QED) is 0.615. The lowest BCUT2D eigenvalue weighted by Gasteiger charge is -2.12. The average Bonchev–Trinajstić information content (AvgIpc) is 3.07. The van der Waals surface area contributed by atoms with E-state index in [2.05, 4.69) is 20.6 Å². The van der Waals surface area contributed by atoms with E-state index in [1.165, 1.54) is 18.2 Å². The lowest BCUT2D eigenvalue weighted by atomic mass is 10.2. The second kappa shape index (κ2) is 6.47. The summed E-state index contributed by atoms with van der Waals surface area (Å²) in [6, 6.07) is 5.74. The number of anilines is 1. The first kappa shape index (κ1) is 17.4. The molecule has 0 unspecified atom stereocenters. The highest BCUT2D eigenvalue weighted by molar-refractivity contribution is 7.92. The topological polar surface area (TPSA) is 121 Å². The van der Waals surface area contributed by atoms with Crippen LogP contribution < -0.4 is 4.72 Å². The van der Waals surface area contributed by atoms with E-state index < -0.39 is 26.5 Å². The van der Waals surface area contributed by atoms with Crippen molar-refractivity contribution in [2.75, 3.05) is 4.72 Å². The molecule has 0 saturated heterocycles. The highest BCUT2D eigenvalue weighted by Gasteiger charge is 2.23. The first-order chi connectivity index (χ1) is 11.8. The molecular weight excluding hydrogens is 396 g/mol. The smallest absolute Gasteiger partial charge is 0.265 e. The first-order valence-corrected chi connectivity index (χ1v) is 8.76. The fourth-order valence-corrected chi connectivity index (χ4v) is 3.79. The van der Waals surface area contributed by atoms with Crippen LogP contribution in [0, 0.1) is 5.82 Å². The van der Waals surface area contributed by atoms with Gasteiger partial charge in [-0.25, -0.2) is 12.8 Å². The molecule has 0 amide bonds. The third kappa shape index (κ3) is 3.50. The minimum absolute atomic E-state index is 0.0100. The lowest BCUT2D eigenvalue weighted by molar-refractivity contribution is 0.459. The van der Waals surface area contributed by atoms with Crippen LogP contribution in [0.15, 0.2) is 35.2 Å². The molecule has 0 spiro atoms. The van der Waals surface area contributed by atoms with Gasteiger partial charge in [0, 0.05) is 10.6 Å². The Labute approximate surface area is 150 Å². The largest absolute Gasteiger partial charge is 0.505 e. The second-order valence-corrected chi connectivity index (χ2v) is 7.26. The zero-order valence-corrected chi connectivity index (χ0v) is 14.4. The average molecular weight is 404 g/mol. The van der Waals surface area contributed by atoms with Crippen LogP contribution in [0.1, 0.15) is 0 Å². The maximum Gasteiger partial charge on any atom is 0.265 e. The molecule has 1 heterocycles. The molecule has 0 aliphatic rings. The van der Waals surface area contributed by atoms with Crippen molar-refractivity contribution in [3.63, 3.8) is 0 Å². The normalized spacial score (nSPS) is 11.5. The van der Waals surface area contributed by atoms with Gasteiger partial charge in [0.05, 0.1) is 10.7 Å². The van der Waals surface area contributed by atoms with Gasteiger partial charge in [0.1, 0.15) is 10.7 Å². The van der Waals surface area contributed by atoms with Gasteiger partial charge in [-0.2, -0.15) is 5.21 Å². The van der Waals surface area contributed by atoms with Crippen LogP contribution in [0.25, 0.3) is 11.4 Å². The van der Waals surface area contributed by atoms with E-state index in [1.807, 2.05) is 4.72 Å². The fraction of sp³-hybridized carbons (Fsp3) is 0. The molecule has 12 heteroatoms. The van der Waals surface area contributed by atoms with Crippen molar-refractivity contribution in [3.05, 3.63) is 46.2 Å². The lowest BCUT2D eigenvalue weighted by Crippen LogP contribution is -2.14. The Morgan fingerprint density at radius 3 is 2.64 bits per heavy atom. The van der Waals surface area contributed by atoms with Crippen molar-refractivity contribution in [2.45, 2.75) is 4.90 Å². The number of halogens is 3. The summed E-state index contributed by atoms with van der Waals surface area (Å²) in [6.45, 7) is 0. The third-order valence-corrected chi connectivity index (χ3v) is 4.98. The van der Waals surface area contributed by atoms with E-state index in [0.717, 1.165) is 12.1 Å². The molecule has 130 valence electrons. The van der Waals surface area contributed by atoms with Crippen LogP contribution in [0.2, 0.25) is 10.0 Å². The van der Waals surface area contributed by atoms with Gasteiger partial charge in [0.2, 0.25) is 5.82 Å². The standard InChI is InChI=1S/C13H8Cl2FN5O3S/c14-7-4-8(15)12(22)11(5-7)25(23,24)19-10-3-6(1-2-9(10)16)13-17-20-21-18-13/h1-5,19,22H,(H,17,18,20,21). The number of nitrogens with one attached hydrogen (secondary N) is 2. The minimum atomic E-state index is -4.37. The van der Waals surface area contributed by atoms with Gasteiger partial charge < -0.3 is 5.11 Å². The van der Waals surface area contributed by atoms with Gasteiger partial charge in [-0.05, 0) is 35.5 Å². The highest BCUT2D eigenvalue weighted by atomic mass is 35.5. The van der Waals surface area contributed by atoms with E-state index in [0.29, 0.717) is 5.56 Å². The molecule has 3 aromatic rings. The van der Waals surface area contributed by atoms with Gasteiger partial charge in [0.25, 0.3) is 10.0 Å². The molecule has 0 bridgehead atoms. The Bertz CT molecular complexity index is 1040. The maximum atomic E-state index is 14.0. The summed E-state index contributed by atoms with van der Waals surface area (Å²) in [4.78, 5) is -0.589. The van der Waals surface area contributed by atoms with Crippen LogP contribution >= 0.6 is 23.2 Å². The second-order valence-electron chi connectivity index (χ2n) is 4.77. The summed E-state index contributed by atoms with van der Waals surface area (Å²) in [6.07, 6.45) is 0. The van der Waals surface area contributed by atoms with Gasteiger partial charge in [-0.1, -0.05) is 23.2 Å². The number of tetrazole rings is 1. The number of benzene rings is 2. The number of rotatable bonds is 4. The van der Waals surface area contributed by atoms with E-state index in [-0.39, 0.29) is 21.6 Å². The zero-order chi connectivity index (χ0) is 18.2. The molecule has 0 aliphatic carbocycles. The van der Waals surface area contributed by atoms with Crippen molar-refractivity contribution in [1.29, 1.82) is 0 Å². The minimum Gasteiger partial charge on any atom is -0.505 e. The van der Waals surface area contributed by atoms with E-state index in [4.69, 9.17) is 23.2 Å². The summed E-state index contributed by atoms with van der Waals surface area (Å²) >= 11 is 11.5. The highest BCUT2D eigenvalue weighted by Crippen LogP contribution is 2.35. The molecule has 3 rings (SSSR count). The molecule has 2 aromatic carbocycles. The number of H-pyrrole nitrogens is 1. The van der Waals surface area contributed by atoms with Gasteiger partial charge in [0.15, 0.2) is 5.75 Å². The maximum absolute atomic E-state index is 14.0. The Balaban J connectivity index is 2.03. The number of phenols is 1. The van der Waals surface area contributed by atoms with E-state index in [1.54, 1.807) is 0 Å². The van der Waals surface area contributed by atoms with Crippen molar-refractivity contribution < 1.29 is 17.9 Å². The summed E-state index contributed by atoms with van der Waals surface area (Å²) in [5, 5.41) is 22.7. The monoisotopic (exact) mass is 403 g/mol. The molecule has 0 aliphatic heterocycles. The summed E-state index contributed by atoms with van der Waals surface area (Å²) in [7, 11) is -4.37. The van der Waals surface area contributed by atoms with Gasteiger partial charge in [-0.3, -0.25) is 4.72 Å². The first-order valence-electron chi connectivity index (χ1n) is 6.52. The third-order valence-electron chi connectivity index (χ3n) is 3.10. The van der Waals surface area contributed by atoms with E-state index in [9.17, 15) is 17.9 Å². The zero-order valence-electron chi connectivity index (χ0n) is 12.0. The molecule has 8 nitrogen and oxygen atoms in total. The molecule has 1 aromatic heterocycles. The number of hydrogen-bond acceptors (Lipinski definition) is 6. The number of aromatic amines is 1. The summed E-state index contributed by atoms with van der Waals surface area (Å²) in [5.74, 6) is -1.40. The molecular formula is C13H8Cl2FN5O3S.